The van der Waals surface area contributed by atoms with Crippen molar-refractivity contribution in [1.82, 2.24) is 4.98 Å². The molecule has 0 saturated carbocycles. The van der Waals surface area contributed by atoms with E-state index in [2.05, 4.69) is 4.98 Å². The van der Waals surface area contributed by atoms with Gasteiger partial charge in [-0.15, -0.1) is 0 Å². The van der Waals surface area contributed by atoms with E-state index in [0.717, 1.165) is 0 Å². The van der Waals surface area contributed by atoms with Gasteiger partial charge in [0.25, 0.3) is 6.43 Å². The van der Waals surface area contributed by atoms with Gasteiger partial charge in [-0.3, -0.25) is 0 Å². The highest BCUT2D eigenvalue weighted by atomic mass is 127. The average Bonchev–Trinajstić information content (AvgIpc) is 2.16. The van der Waals surface area contributed by atoms with Crippen molar-refractivity contribution in [1.29, 1.82) is 5.26 Å². The van der Waals surface area contributed by atoms with Crippen LogP contribution in [0.1, 0.15) is 23.4 Å². The fourth-order valence-electron chi connectivity index (χ4n) is 0.972. The Bertz CT molecular complexity index is 387. The van der Waals surface area contributed by atoms with E-state index in [1.165, 1.54) is 6.07 Å². The lowest BCUT2D eigenvalue weighted by molar-refractivity contribution is 0.144. The topological polar surface area (TPSA) is 62.7 Å². The molecule has 14 heavy (non-hydrogen) atoms. The van der Waals surface area contributed by atoms with Crippen molar-refractivity contribution in [2.45, 2.75) is 13.0 Å². The van der Waals surface area contributed by atoms with Crippen LogP contribution < -0.4 is 5.73 Å². The van der Waals surface area contributed by atoms with Crippen molar-refractivity contribution in [2.24, 2.45) is 5.73 Å². The van der Waals surface area contributed by atoms with Crippen LogP contribution in [0, 0.1) is 14.9 Å². The molecular weight excluding hydrogens is 303 g/mol. The summed E-state index contributed by atoms with van der Waals surface area (Å²) in [5.74, 6) is 0. The standard InChI is InChI=1S/C8H6F2IN3/c9-8(10)7-4(2-12)1-5(11)6(3-13)14-7/h1,8H,2,12H2. The second-order valence-corrected chi connectivity index (χ2v) is 3.64. The lowest BCUT2D eigenvalue weighted by atomic mass is 10.2. The van der Waals surface area contributed by atoms with Crippen molar-refractivity contribution in [3.05, 3.63) is 26.6 Å². The molecule has 0 aliphatic carbocycles. The lowest BCUT2D eigenvalue weighted by Gasteiger charge is -2.07. The molecule has 0 bridgehead atoms. The third-order valence-corrected chi connectivity index (χ3v) is 2.44. The third-order valence-electron chi connectivity index (χ3n) is 1.62. The van der Waals surface area contributed by atoms with Crippen LogP contribution in [0.4, 0.5) is 8.78 Å². The van der Waals surface area contributed by atoms with Crippen LogP contribution in [0.2, 0.25) is 0 Å². The highest BCUT2D eigenvalue weighted by Gasteiger charge is 2.16. The Morgan fingerprint density at radius 2 is 2.29 bits per heavy atom. The molecule has 0 aromatic carbocycles. The molecule has 0 spiro atoms. The molecular formula is C8H6F2IN3. The van der Waals surface area contributed by atoms with Crippen molar-refractivity contribution >= 4 is 22.6 Å². The quantitative estimate of drug-likeness (QED) is 0.849. The highest BCUT2D eigenvalue weighted by molar-refractivity contribution is 14.1. The van der Waals surface area contributed by atoms with Gasteiger partial charge in [0.1, 0.15) is 11.8 Å². The summed E-state index contributed by atoms with van der Waals surface area (Å²) < 4.78 is 25.4. The molecule has 2 N–H and O–H groups in total. The Morgan fingerprint density at radius 1 is 1.64 bits per heavy atom. The second-order valence-electron chi connectivity index (χ2n) is 2.48. The Morgan fingerprint density at radius 3 is 2.71 bits per heavy atom. The number of hydrogen-bond donors (Lipinski definition) is 1. The van der Waals surface area contributed by atoms with Gasteiger partial charge >= 0.3 is 0 Å². The van der Waals surface area contributed by atoms with Crippen LogP contribution in [0.15, 0.2) is 6.07 Å². The molecule has 0 aliphatic rings. The number of pyridine rings is 1. The molecule has 0 amide bonds. The fraction of sp³-hybridized carbons (Fsp3) is 0.250. The lowest BCUT2D eigenvalue weighted by Crippen LogP contribution is -2.07. The minimum Gasteiger partial charge on any atom is -0.326 e. The average molecular weight is 309 g/mol. The van der Waals surface area contributed by atoms with Crippen molar-refractivity contribution in [3.63, 3.8) is 0 Å². The van der Waals surface area contributed by atoms with Gasteiger partial charge in [-0.1, -0.05) is 0 Å². The van der Waals surface area contributed by atoms with E-state index >= 15 is 0 Å². The van der Waals surface area contributed by atoms with Crippen LogP contribution in [0.25, 0.3) is 0 Å². The van der Waals surface area contributed by atoms with Crippen LogP contribution in [-0.4, -0.2) is 4.98 Å². The third kappa shape index (κ3) is 2.16. The first-order valence-electron chi connectivity index (χ1n) is 3.67. The number of rotatable bonds is 2. The van der Waals surface area contributed by atoms with Gasteiger partial charge in [0, 0.05) is 10.1 Å². The number of hydrogen-bond acceptors (Lipinski definition) is 3. The Labute approximate surface area is 93.1 Å². The molecule has 0 radical (unpaired) electrons. The Kier molecular flexibility index (Phi) is 3.71. The summed E-state index contributed by atoms with van der Waals surface area (Å²) in [5, 5.41) is 8.59. The smallest absolute Gasteiger partial charge is 0.280 e. The molecule has 74 valence electrons. The van der Waals surface area contributed by atoms with Gasteiger partial charge in [0.05, 0.1) is 0 Å². The maximum atomic E-state index is 12.4. The van der Waals surface area contributed by atoms with E-state index in [9.17, 15) is 8.78 Å². The molecule has 6 heteroatoms. The largest absolute Gasteiger partial charge is 0.326 e. The zero-order chi connectivity index (χ0) is 10.7. The molecule has 1 aromatic heterocycles. The highest BCUT2D eigenvalue weighted by Crippen LogP contribution is 2.23. The van der Waals surface area contributed by atoms with Crippen molar-refractivity contribution in [3.8, 4) is 6.07 Å². The van der Waals surface area contributed by atoms with Gasteiger partial charge < -0.3 is 5.73 Å². The van der Waals surface area contributed by atoms with Crippen LogP contribution >= 0.6 is 22.6 Å². The van der Waals surface area contributed by atoms with E-state index in [1.54, 1.807) is 6.07 Å². The maximum Gasteiger partial charge on any atom is 0.280 e. The van der Waals surface area contributed by atoms with E-state index in [4.69, 9.17) is 11.0 Å². The zero-order valence-electron chi connectivity index (χ0n) is 6.97. The molecule has 1 heterocycles. The van der Waals surface area contributed by atoms with Gasteiger partial charge in [-0.05, 0) is 34.2 Å². The van der Waals surface area contributed by atoms with Gasteiger partial charge in [0.2, 0.25) is 0 Å². The molecule has 0 saturated heterocycles. The molecule has 0 atom stereocenters. The molecule has 1 aromatic rings. The first-order valence-corrected chi connectivity index (χ1v) is 4.75. The normalized spacial score (nSPS) is 10.3. The van der Waals surface area contributed by atoms with Crippen molar-refractivity contribution in [2.75, 3.05) is 0 Å². The molecule has 0 unspecified atom stereocenters. The van der Waals surface area contributed by atoms with Crippen molar-refractivity contribution < 1.29 is 8.78 Å². The first kappa shape index (κ1) is 11.3. The first-order chi connectivity index (χ1) is 6.60. The van der Waals surface area contributed by atoms with E-state index < -0.39 is 12.1 Å². The predicted molar refractivity (Wildman–Crippen MR) is 54.5 cm³/mol. The van der Waals surface area contributed by atoms with Gasteiger partial charge in [0.15, 0.2) is 5.69 Å². The fourth-order valence-corrected chi connectivity index (χ4v) is 1.59. The molecule has 1 rings (SSSR count). The Hall–Kier alpha value is -0.810. The number of nitrogens with zero attached hydrogens (tertiary/aromatic N) is 2. The van der Waals surface area contributed by atoms with Crippen LogP contribution in [-0.2, 0) is 6.54 Å². The minimum atomic E-state index is -2.70. The minimum absolute atomic E-state index is 0.00557. The van der Waals surface area contributed by atoms with Crippen LogP contribution in [0.3, 0.4) is 0 Å². The van der Waals surface area contributed by atoms with E-state index in [1.807, 2.05) is 22.6 Å². The number of aromatic nitrogens is 1. The van der Waals surface area contributed by atoms with Gasteiger partial charge in [-0.2, -0.15) is 5.26 Å². The molecule has 0 aliphatic heterocycles. The summed E-state index contributed by atoms with van der Waals surface area (Å²) in [5.41, 5.74) is 5.18. The molecule has 3 nitrogen and oxygen atoms in total. The van der Waals surface area contributed by atoms with Gasteiger partial charge in [-0.25, -0.2) is 13.8 Å². The summed E-state index contributed by atoms with van der Waals surface area (Å²) in [6.07, 6.45) is -2.70. The number of nitriles is 1. The van der Waals surface area contributed by atoms with E-state index in [-0.39, 0.29) is 17.8 Å². The Balaban J connectivity index is 3.34. The summed E-state index contributed by atoms with van der Waals surface area (Å²) in [6.45, 7) is -0.00557. The summed E-state index contributed by atoms with van der Waals surface area (Å²) in [7, 11) is 0. The zero-order valence-corrected chi connectivity index (χ0v) is 9.12. The summed E-state index contributed by atoms with van der Waals surface area (Å²) >= 11 is 1.86. The van der Waals surface area contributed by atoms with E-state index in [0.29, 0.717) is 3.57 Å². The number of alkyl halides is 2. The maximum absolute atomic E-state index is 12.4. The number of nitrogens with two attached hydrogens (primary N) is 1. The summed E-state index contributed by atoms with van der Waals surface area (Å²) in [4.78, 5) is 3.56. The number of halogens is 3. The SMILES string of the molecule is N#Cc1nc(C(F)F)c(CN)cc1I. The monoisotopic (exact) mass is 309 g/mol. The summed E-state index contributed by atoms with van der Waals surface area (Å²) in [6, 6.07) is 3.21. The molecule has 0 fully saturated rings. The van der Waals surface area contributed by atoms with Crippen LogP contribution in [0.5, 0.6) is 0 Å². The second kappa shape index (κ2) is 4.61. The predicted octanol–water partition coefficient (Wildman–Crippen LogP) is 1.95.